The van der Waals surface area contributed by atoms with Gasteiger partial charge in [-0.25, -0.2) is 0 Å². The minimum Gasteiger partial charge on any atom is -0.424 e. The molecule has 0 radical (unpaired) electrons. The van der Waals surface area contributed by atoms with E-state index in [1.54, 1.807) is 0 Å². The molecule has 0 aliphatic carbocycles. The lowest BCUT2D eigenvalue weighted by molar-refractivity contribution is -0.385. The van der Waals surface area contributed by atoms with E-state index in [1.165, 1.54) is 0 Å². The first-order chi connectivity index (χ1) is 9.45. The molecule has 0 atom stereocenters. The third-order valence-electron chi connectivity index (χ3n) is 2.77. The van der Waals surface area contributed by atoms with Crippen molar-refractivity contribution in [2.45, 2.75) is 26.7 Å². The van der Waals surface area contributed by atoms with Crippen LogP contribution < -0.4 is 4.74 Å². The number of aryl methyl sites for hydroxylation is 1. The van der Waals surface area contributed by atoms with Crippen LogP contribution in [0.4, 0.5) is 5.69 Å². The molecule has 0 spiro atoms. The van der Waals surface area contributed by atoms with Crippen LogP contribution in [0.2, 0.25) is 0 Å². The lowest BCUT2D eigenvalue weighted by atomic mass is 10.0. The molecule has 2 aromatic rings. The Balaban J connectivity index is 2.23. The molecule has 1 aromatic heterocycles. The number of aromatic nitrogens is 2. The minimum absolute atomic E-state index is 0.0934. The van der Waals surface area contributed by atoms with Crippen LogP contribution in [0.3, 0.4) is 0 Å². The second-order valence-electron chi connectivity index (χ2n) is 4.82. The van der Waals surface area contributed by atoms with E-state index >= 15 is 0 Å². The predicted molar refractivity (Wildman–Crippen MR) is 74.0 cm³/mol. The summed E-state index contributed by atoms with van der Waals surface area (Å²) < 4.78 is 5.54. The molecule has 1 heterocycles. The normalized spacial score (nSPS) is 10.6. The van der Waals surface area contributed by atoms with Crippen LogP contribution in [0, 0.1) is 17.0 Å². The van der Waals surface area contributed by atoms with Gasteiger partial charge in [0.15, 0.2) is 0 Å². The van der Waals surface area contributed by atoms with Crippen molar-refractivity contribution in [3.8, 4) is 11.8 Å². The number of nitrogens with zero attached hydrogens (tertiary/aromatic N) is 3. The molecule has 0 amide bonds. The molecular weight excluding hydrogens is 258 g/mol. The van der Waals surface area contributed by atoms with E-state index in [1.807, 2.05) is 19.1 Å². The van der Waals surface area contributed by atoms with Crippen molar-refractivity contribution in [1.82, 2.24) is 9.97 Å². The summed E-state index contributed by atoms with van der Waals surface area (Å²) in [5.74, 6) is 1.01. The maximum Gasteiger partial charge on any atom is 0.322 e. The zero-order chi connectivity index (χ0) is 14.7. The highest BCUT2D eigenvalue weighted by atomic mass is 16.6. The van der Waals surface area contributed by atoms with Crippen LogP contribution in [0.1, 0.15) is 30.9 Å². The summed E-state index contributed by atoms with van der Waals surface area (Å²) in [6.45, 7) is 6.18. The molecule has 0 N–H and O–H groups in total. The average molecular weight is 273 g/mol. The Morgan fingerprint density at radius 2 is 1.85 bits per heavy atom. The molecule has 2 rings (SSSR count). The van der Waals surface area contributed by atoms with Gasteiger partial charge in [-0.15, -0.1) is 0 Å². The number of benzene rings is 1. The van der Waals surface area contributed by atoms with E-state index in [4.69, 9.17) is 4.74 Å². The van der Waals surface area contributed by atoms with Gasteiger partial charge in [0.05, 0.1) is 4.92 Å². The van der Waals surface area contributed by atoms with Crippen molar-refractivity contribution in [1.29, 1.82) is 0 Å². The van der Waals surface area contributed by atoms with E-state index in [9.17, 15) is 10.1 Å². The first kappa shape index (κ1) is 13.9. The average Bonchev–Trinajstić information content (AvgIpc) is 2.38. The first-order valence-electron chi connectivity index (χ1n) is 6.21. The second kappa shape index (κ2) is 5.64. The van der Waals surface area contributed by atoms with E-state index < -0.39 is 4.92 Å². The van der Waals surface area contributed by atoms with Crippen molar-refractivity contribution in [2.75, 3.05) is 0 Å². The fourth-order valence-electron chi connectivity index (χ4n) is 1.73. The third kappa shape index (κ3) is 3.28. The first-order valence-corrected chi connectivity index (χ1v) is 6.21. The Morgan fingerprint density at radius 3 is 2.40 bits per heavy atom. The molecule has 0 bridgehead atoms. The highest BCUT2D eigenvalue weighted by Crippen LogP contribution is 2.25. The number of ether oxygens (including phenoxy) is 1. The van der Waals surface area contributed by atoms with Crippen LogP contribution in [0.5, 0.6) is 11.8 Å². The topological polar surface area (TPSA) is 78.2 Å². The Morgan fingerprint density at radius 1 is 1.20 bits per heavy atom. The van der Waals surface area contributed by atoms with E-state index in [0.717, 1.165) is 23.5 Å². The molecule has 0 fully saturated rings. The number of hydrogen-bond donors (Lipinski definition) is 0. The van der Waals surface area contributed by atoms with Crippen LogP contribution in [0.15, 0.2) is 30.6 Å². The number of rotatable bonds is 4. The molecule has 0 aliphatic heterocycles. The molecule has 0 aliphatic rings. The molecule has 6 heteroatoms. The molecule has 20 heavy (non-hydrogen) atoms. The maximum atomic E-state index is 10.5. The summed E-state index contributed by atoms with van der Waals surface area (Å²) in [6.07, 6.45) is 2.25. The Bertz CT molecular complexity index is 624. The number of hydrogen-bond acceptors (Lipinski definition) is 5. The summed E-state index contributed by atoms with van der Waals surface area (Å²) in [6, 6.07) is 5.98. The van der Waals surface area contributed by atoms with Gasteiger partial charge >= 0.3 is 11.7 Å². The van der Waals surface area contributed by atoms with Gasteiger partial charge in [-0.3, -0.25) is 10.1 Å². The molecule has 0 unspecified atom stereocenters. The zero-order valence-electron chi connectivity index (χ0n) is 11.5. The van der Waals surface area contributed by atoms with Gasteiger partial charge in [0, 0.05) is 0 Å². The molecule has 0 saturated heterocycles. The maximum absolute atomic E-state index is 10.5. The fourth-order valence-corrected chi connectivity index (χ4v) is 1.73. The van der Waals surface area contributed by atoms with Gasteiger partial charge in [-0.2, -0.15) is 9.97 Å². The van der Waals surface area contributed by atoms with Crippen LogP contribution >= 0.6 is 0 Å². The lowest BCUT2D eigenvalue weighted by Gasteiger charge is -2.10. The summed E-state index contributed by atoms with van der Waals surface area (Å²) in [7, 11) is 0. The smallest absolute Gasteiger partial charge is 0.322 e. The summed E-state index contributed by atoms with van der Waals surface area (Å²) in [4.78, 5) is 17.6. The number of nitro groups is 1. The predicted octanol–water partition coefficient (Wildman–Crippen LogP) is 3.61. The van der Waals surface area contributed by atoms with Crippen molar-refractivity contribution >= 4 is 5.69 Å². The van der Waals surface area contributed by atoms with Crippen molar-refractivity contribution < 1.29 is 9.66 Å². The van der Waals surface area contributed by atoms with Gasteiger partial charge in [-0.1, -0.05) is 19.9 Å². The van der Waals surface area contributed by atoms with Gasteiger partial charge in [0.2, 0.25) is 0 Å². The fraction of sp³-hybridized carbons (Fsp3) is 0.286. The molecule has 0 saturated carbocycles. The monoisotopic (exact) mass is 273 g/mol. The van der Waals surface area contributed by atoms with Crippen molar-refractivity contribution in [3.05, 3.63) is 51.8 Å². The minimum atomic E-state index is -0.548. The standard InChI is InChI=1S/C14H15N3O3/c1-9(2)11-4-10(3)5-13(6-11)20-14-15-7-12(8-16-14)17(18)19/h4-9H,1-3H3. The molecule has 104 valence electrons. The Hall–Kier alpha value is -2.50. The van der Waals surface area contributed by atoms with Crippen LogP contribution in [-0.2, 0) is 0 Å². The summed E-state index contributed by atoms with van der Waals surface area (Å²) in [5.41, 5.74) is 2.07. The van der Waals surface area contributed by atoms with Gasteiger partial charge < -0.3 is 4.74 Å². The van der Waals surface area contributed by atoms with Crippen LogP contribution in [-0.4, -0.2) is 14.9 Å². The highest BCUT2D eigenvalue weighted by molar-refractivity contribution is 5.36. The quantitative estimate of drug-likeness (QED) is 0.628. The second-order valence-corrected chi connectivity index (χ2v) is 4.82. The largest absolute Gasteiger partial charge is 0.424 e. The molecule has 1 aromatic carbocycles. The van der Waals surface area contributed by atoms with Crippen molar-refractivity contribution in [2.24, 2.45) is 0 Å². The zero-order valence-corrected chi connectivity index (χ0v) is 11.5. The summed E-state index contributed by atoms with van der Waals surface area (Å²) >= 11 is 0. The van der Waals surface area contributed by atoms with E-state index in [2.05, 4.69) is 29.9 Å². The third-order valence-corrected chi connectivity index (χ3v) is 2.77. The van der Waals surface area contributed by atoms with E-state index in [-0.39, 0.29) is 11.7 Å². The molecular formula is C14H15N3O3. The van der Waals surface area contributed by atoms with Crippen LogP contribution in [0.25, 0.3) is 0 Å². The van der Waals surface area contributed by atoms with Gasteiger partial charge in [0.25, 0.3) is 0 Å². The van der Waals surface area contributed by atoms with Gasteiger partial charge in [0.1, 0.15) is 18.1 Å². The lowest BCUT2D eigenvalue weighted by Crippen LogP contribution is -1.96. The Kier molecular flexibility index (Phi) is 3.93. The highest BCUT2D eigenvalue weighted by Gasteiger charge is 2.09. The molecule has 6 nitrogen and oxygen atoms in total. The SMILES string of the molecule is Cc1cc(Oc2ncc([N+](=O)[O-])cn2)cc(C(C)C)c1. The summed E-state index contributed by atoms with van der Waals surface area (Å²) in [5, 5.41) is 10.5. The van der Waals surface area contributed by atoms with Crippen molar-refractivity contribution in [3.63, 3.8) is 0 Å². The van der Waals surface area contributed by atoms with Gasteiger partial charge in [-0.05, 0) is 36.1 Å². The van der Waals surface area contributed by atoms with E-state index in [0.29, 0.717) is 11.7 Å². The Labute approximate surface area is 116 Å².